The van der Waals surface area contributed by atoms with Crippen molar-refractivity contribution >= 4 is 57.2 Å². The van der Waals surface area contributed by atoms with Gasteiger partial charge in [0.15, 0.2) is 4.96 Å². The van der Waals surface area contributed by atoms with Crippen LogP contribution in [0.1, 0.15) is 53.9 Å². The highest BCUT2D eigenvalue weighted by molar-refractivity contribution is 7.23. The van der Waals surface area contributed by atoms with Gasteiger partial charge >= 0.3 is 0 Å². The number of carbonyl (C=O) groups excluding carboxylic acids is 1. The third-order valence-electron chi connectivity index (χ3n) is 8.19. The summed E-state index contributed by atoms with van der Waals surface area (Å²) in [5.74, 6) is 0.416. The first-order valence-corrected chi connectivity index (χ1v) is 15.0. The van der Waals surface area contributed by atoms with E-state index in [1.807, 2.05) is 34.9 Å². The minimum atomic E-state index is -0.679. The quantitative estimate of drug-likeness (QED) is 0.224. The molecule has 0 aliphatic carbocycles. The first-order valence-electron chi connectivity index (χ1n) is 14.1. The van der Waals surface area contributed by atoms with Gasteiger partial charge in [0.2, 0.25) is 0 Å². The van der Waals surface area contributed by atoms with Crippen molar-refractivity contribution in [3.05, 3.63) is 53.5 Å². The van der Waals surface area contributed by atoms with Gasteiger partial charge in [0.1, 0.15) is 17.7 Å². The Labute approximate surface area is 260 Å². The average Bonchev–Trinajstić information content (AvgIpc) is 3.53. The zero-order valence-corrected chi connectivity index (χ0v) is 26.0. The normalized spacial score (nSPS) is 16.7. The Kier molecular flexibility index (Phi) is 11.0. The van der Waals surface area contributed by atoms with Crippen LogP contribution in [-0.4, -0.2) is 72.7 Å². The molecule has 7 nitrogen and oxygen atoms in total. The summed E-state index contributed by atoms with van der Waals surface area (Å²) in [7, 11) is 1.55. The van der Waals surface area contributed by atoms with E-state index in [4.69, 9.17) is 9.72 Å². The number of carbonyl (C=O) groups is 1. The van der Waals surface area contributed by atoms with Crippen LogP contribution in [-0.2, 0) is 0 Å². The topological polar surface area (TPSA) is 70.9 Å². The van der Waals surface area contributed by atoms with Crippen LogP contribution in [0.15, 0.2) is 36.5 Å². The number of thiazole rings is 1. The molecule has 4 aromatic rings. The summed E-state index contributed by atoms with van der Waals surface area (Å²) in [5.41, 5.74) is 3.44. The Morgan fingerprint density at radius 3 is 2.62 bits per heavy atom. The predicted octanol–water partition coefficient (Wildman–Crippen LogP) is 6.23. The monoisotopic (exact) mass is 639 g/mol. The molecule has 42 heavy (non-hydrogen) atoms. The molecule has 1 amide bonds. The fraction of sp³-hybridized carbons (Fsp3) is 0.467. The number of methoxy groups -OCH3 is 1. The van der Waals surface area contributed by atoms with Crippen molar-refractivity contribution in [2.75, 3.05) is 46.4 Å². The van der Waals surface area contributed by atoms with Gasteiger partial charge in [-0.2, -0.15) is 0 Å². The van der Waals surface area contributed by atoms with Gasteiger partial charge in [0, 0.05) is 37.5 Å². The number of benzene rings is 2. The molecule has 12 heteroatoms. The van der Waals surface area contributed by atoms with Crippen LogP contribution < -0.4 is 15.4 Å². The molecule has 0 bridgehead atoms. The number of nitrogens with zero attached hydrogens (tertiary/aromatic N) is 3. The van der Waals surface area contributed by atoms with Crippen LogP contribution in [0.25, 0.3) is 26.4 Å². The molecule has 2 aromatic heterocycles. The maximum Gasteiger partial charge on any atom is 0.255 e. The van der Waals surface area contributed by atoms with Crippen molar-refractivity contribution in [2.45, 2.75) is 44.2 Å². The van der Waals surface area contributed by atoms with Gasteiger partial charge < -0.3 is 20.3 Å². The third kappa shape index (κ3) is 6.83. The molecule has 4 heterocycles. The molecule has 6 rings (SSSR count). The maximum atomic E-state index is 15.2. The lowest BCUT2D eigenvalue weighted by atomic mass is 9.89. The second kappa shape index (κ2) is 14.3. The number of piperidine rings is 2. The minimum absolute atomic E-state index is 0. The molecule has 0 unspecified atom stereocenters. The van der Waals surface area contributed by atoms with Crippen LogP contribution in [0.2, 0.25) is 0 Å². The molecule has 2 aromatic carbocycles. The van der Waals surface area contributed by atoms with E-state index in [-0.39, 0.29) is 36.5 Å². The molecule has 2 aliphatic heterocycles. The number of fused-ring (bicyclic) bond motifs is 3. The van der Waals surface area contributed by atoms with Gasteiger partial charge in [-0.05, 0) is 81.4 Å². The summed E-state index contributed by atoms with van der Waals surface area (Å²) in [6.45, 7) is 4.86. The Morgan fingerprint density at radius 2 is 1.90 bits per heavy atom. The van der Waals surface area contributed by atoms with Crippen LogP contribution in [0.3, 0.4) is 0 Å². The van der Waals surface area contributed by atoms with Crippen LogP contribution in [0, 0.1) is 5.82 Å². The molecule has 2 N–H and O–H groups in total. The highest BCUT2D eigenvalue weighted by atomic mass is 35.5. The fourth-order valence-corrected chi connectivity index (χ4v) is 6.90. The lowest BCUT2D eigenvalue weighted by Gasteiger charge is -2.28. The Balaban J connectivity index is 0.00000202. The van der Waals surface area contributed by atoms with Gasteiger partial charge in [0.25, 0.3) is 5.91 Å². The van der Waals surface area contributed by atoms with E-state index in [0.717, 1.165) is 72.7 Å². The van der Waals surface area contributed by atoms with E-state index < -0.39 is 6.17 Å². The second-order valence-corrected chi connectivity index (χ2v) is 11.8. The highest BCUT2D eigenvalue weighted by Crippen LogP contribution is 2.35. The summed E-state index contributed by atoms with van der Waals surface area (Å²) in [5, 5.41) is 6.35. The van der Waals surface area contributed by atoms with E-state index in [1.54, 1.807) is 13.2 Å². The van der Waals surface area contributed by atoms with Crippen LogP contribution in [0.5, 0.6) is 5.75 Å². The molecule has 0 saturated carbocycles. The molecule has 2 aliphatic rings. The Hall–Kier alpha value is -2.50. The van der Waals surface area contributed by atoms with Crippen LogP contribution in [0.4, 0.5) is 8.78 Å². The Morgan fingerprint density at radius 1 is 1.14 bits per heavy atom. The number of hydrogen-bond acceptors (Lipinski definition) is 6. The van der Waals surface area contributed by atoms with Crippen molar-refractivity contribution in [2.24, 2.45) is 0 Å². The molecule has 228 valence electrons. The Bertz CT molecular complexity index is 1520. The summed E-state index contributed by atoms with van der Waals surface area (Å²) in [6.07, 6.45) is 5.20. The van der Waals surface area contributed by atoms with E-state index in [9.17, 15) is 9.18 Å². The number of amides is 1. The number of halogens is 4. The molecule has 0 atom stereocenters. The van der Waals surface area contributed by atoms with E-state index in [1.165, 1.54) is 11.3 Å². The summed E-state index contributed by atoms with van der Waals surface area (Å²) in [4.78, 5) is 20.7. The number of likely N-dealkylation sites (tertiary alicyclic amines) is 1. The van der Waals surface area contributed by atoms with Crippen molar-refractivity contribution in [3.63, 3.8) is 0 Å². The number of imidazole rings is 1. The van der Waals surface area contributed by atoms with Crippen molar-refractivity contribution < 1.29 is 18.3 Å². The standard InChI is InChI=1S/C30H35F2N5O2S.2ClH/c1-39-27-17-26-28(16-23(27)29(38)34-9-2-12-36-13-7-21(31)8-14-36)40-30-35-25(18-37(26)30)22-4-3-20(15-24(22)32)19-5-10-33-11-6-19;;/h3-4,15-19,21,33H,2,5-14H2,1H3,(H,34,38);2*1H. The van der Waals surface area contributed by atoms with E-state index in [0.29, 0.717) is 47.9 Å². The van der Waals surface area contributed by atoms with Gasteiger partial charge in [0.05, 0.1) is 28.6 Å². The number of nitrogens with one attached hydrogen (secondary N) is 2. The average molecular weight is 641 g/mol. The molecular formula is C30H37Cl2F2N5O2S. The predicted molar refractivity (Wildman–Crippen MR) is 169 cm³/mol. The molecule has 0 radical (unpaired) electrons. The summed E-state index contributed by atoms with van der Waals surface area (Å²) < 4.78 is 37.0. The first kappa shape index (κ1) is 32.4. The molecule has 0 spiro atoms. The third-order valence-corrected chi connectivity index (χ3v) is 9.21. The highest BCUT2D eigenvalue weighted by Gasteiger charge is 2.21. The minimum Gasteiger partial charge on any atom is -0.496 e. The largest absolute Gasteiger partial charge is 0.496 e. The SMILES string of the molecule is COc1cc2c(cc1C(=O)NCCCN1CCC(F)CC1)sc1nc(-c3ccc(C4CCNCC4)cc3F)cn12.Cl.Cl. The van der Waals surface area contributed by atoms with Gasteiger partial charge in [-0.15, -0.1) is 24.8 Å². The fourth-order valence-electron chi connectivity index (χ4n) is 5.87. The summed E-state index contributed by atoms with van der Waals surface area (Å²) >= 11 is 1.46. The van der Waals surface area contributed by atoms with Crippen molar-refractivity contribution in [1.82, 2.24) is 24.9 Å². The number of hydrogen-bond donors (Lipinski definition) is 2. The number of alkyl halides is 1. The summed E-state index contributed by atoms with van der Waals surface area (Å²) in [6, 6.07) is 9.21. The lowest BCUT2D eigenvalue weighted by molar-refractivity contribution is 0.0947. The van der Waals surface area contributed by atoms with Gasteiger partial charge in [-0.25, -0.2) is 13.8 Å². The number of aromatic nitrogens is 2. The molecule has 2 saturated heterocycles. The smallest absolute Gasteiger partial charge is 0.255 e. The lowest BCUT2D eigenvalue weighted by Crippen LogP contribution is -2.36. The maximum absolute atomic E-state index is 15.2. The van der Waals surface area contributed by atoms with E-state index in [2.05, 4.69) is 15.5 Å². The van der Waals surface area contributed by atoms with Crippen molar-refractivity contribution in [1.29, 1.82) is 0 Å². The zero-order valence-electron chi connectivity index (χ0n) is 23.5. The number of rotatable bonds is 8. The first-order chi connectivity index (χ1) is 19.5. The molecule has 2 fully saturated rings. The van der Waals surface area contributed by atoms with Gasteiger partial charge in [-0.1, -0.05) is 17.4 Å². The second-order valence-electron chi connectivity index (χ2n) is 10.8. The number of ether oxygens (including phenoxy) is 1. The van der Waals surface area contributed by atoms with Crippen LogP contribution >= 0.6 is 36.2 Å². The van der Waals surface area contributed by atoms with Gasteiger partial charge in [-0.3, -0.25) is 9.20 Å². The molecular weight excluding hydrogens is 603 g/mol. The van der Waals surface area contributed by atoms with Crippen molar-refractivity contribution in [3.8, 4) is 17.0 Å². The van der Waals surface area contributed by atoms with E-state index >= 15 is 4.39 Å². The zero-order chi connectivity index (χ0) is 27.6.